The molecule has 0 atom stereocenters. The lowest BCUT2D eigenvalue weighted by Gasteiger charge is -2.20. The van der Waals surface area contributed by atoms with E-state index in [0.717, 1.165) is 32.1 Å². The first kappa shape index (κ1) is 23.1. The molecule has 0 aliphatic carbocycles. The molecule has 0 unspecified atom stereocenters. The van der Waals surface area contributed by atoms with Crippen LogP contribution in [-0.4, -0.2) is 56.0 Å². The zero-order valence-electron chi connectivity index (χ0n) is 16.9. The van der Waals surface area contributed by atoms with Gasteiger partial charge in [0.25, 0.3) is 0 Å². The summed E-state index contributed by atoms with van der Waals surface area (Å²) in [5.41, 5.74) is 2.66. The van der Waals surface area contributed by atoms with Crippen molar-refractivity contribution in [3.8, 4) is 0 Å². The van der Waals surface area contributed by atoms with Gasteiger partial charge in [-0.05, 0) is 49.1 Å². The van der Waals surface area contributed by atoms with E-state index in [1.54, 1.807) is 11.3 Å². The second-order valence-electron chi connectivity index (χ2n) is 7.11. The SMILES string of the molecule is CN=C(NCc1ccc(CN2CCCN(C)CC2)cc1)NCc1cccs1.I. The topological polar surface area (TPSA) is 42.9 Å². The molecule has 0 radical (unpaired) electrons. The van der Waals surface area contributed by atoms with Gasteiger partial charge in [0.15, 0.2) is 5.96 Å². The molecule has 154 valence electrons. The maximum atomic E-state index is 4.30. The van der Waals surface area contributed by atoms with E-state index in [-0.39, 0.29) is 24.0 Å². The van der Waals surface area contributed by atoms with E-state index in [2.05, 4.69) is 74.3 Å². The molecule has 1 aromatic carbocycles. The number of likely N-dealkylation sites (N-methyl/N-ethyl adjacent to an activating group) is 1. The molecule has 0 spiro atoms. The van der Waals surface area contributed by atoms with Gasteiger partial charge in [0.1, 0.15) is 0 Å². The summed E-state index contributed by atoms with van der Waals surface area (Å²) in [6.45, 7) is 7.36. The maximum Gasteiger partial charge on any atom is 0.191 e. The van der Waals surface area contributed by atoms with Gasteiger partial charge in [-0.1, -0.05) is 30.3 Å². The van der Waals surface area contributed by atoms with Gasteiger partial charge in [0.05, 0.1) is 6.54 Å². The molecule has 2 aromatic rings. The number of benzene rings is 1. The number of rotatable bonds is 6. The minimum atomic E-state index is 0. The summed E-state index contributed by atoms with van der Waals surface area (Å²) >= 11 is 1.76. The van der Waals surface area contributed by atoms with Crippen LogP contribution in [0.5, 0.6) is 0 Å². The molecule has 28 heavy (non-hydrogen) atoms. The second kappa shape index (κ2) is 12.4. The first-order valence-corrected chi connectivity index (χ1v) is 10.6. The van der Waals surface area contributed by atoms with E-state index in [4.69, 9.17) is 0 Å². The van der Waals surface area contributed by atoms with Crippen molar-refractivity contribution in [2.75, 3.05) is 40.3 Å². The zero-order chi connectivity index (χ0) is 18.9. The molecule has 1 aliphatic rings. The molecule has 2 N–H and O–H groups in total. The van der Waals surface area contributed by atoms with Crippen molar-refractivity contribution in [1.82, 2.24) is 20.4 Å². The number of nitrogens with zero attached hydrogens (tertiary/aromatic N) is 3. The van der Waals surface area contributed by atoms with Crippen LogP contribution in [0.2, 0.25) is 0 Å². The fourth-order valence-corrected chi connectivity index (χ4v) is 3.91. The van der Waals surface area contributed by atoms with Crippen molar-refractivity contribution < 1.29 is 0 Å². The first-order chi connectivity index (χ1) is 13.2. The monoisotopic (exact) mass is 513 g/mol. The molecule has 1 aliphatic heterocycles. The molecular weight excluding hydrogens is 481 g/mol. The average Bonchev–Trinajstić information content (AvgIpc) is 3.12. The molecule has 5 nitrogen and oxygen atoms in total. The minimum absolute atomic E-state index is 0. The molecule has 3 rings (SSSR count). The van der Waals surface area contributed by atoms with Crippen molar-refractivity contribution in [1.29, 1.82) is 0 Å². The van der Waals surface area contributed by atoms with Crippen LogP contribution in [0.25, 0.3) is 0 Å². The normalized spacial score (nSPS) is 16.3. The third kappa shape index (κ3) is 7.69. The molecule has 1 aromatic heterocycles. The van der Waals surface area contributed by atoms with E-state index >= 15 is 0 Å². The number of aliphatic imine (C=N–C) groups is 1. The number of hydrogen-bond acceptors (Lipinski definition) is 4. The summed E-state index contributed by atoms with van der Waals surface area (Å²) in [7, 11) is 4.03. The number of hydrogen-bond donors (Lipinski definition) is 2. The Balaban J connectivity index is 0.00000280. The van der Waals surface area contributed by atoms with E-state index in [0.29, 0.717) is 0 Å². The van der Waals surface area contributed by atoms with E-state index < -0.39 is 0 Å². The highest BCUT2D eigenvalue weighted by Crippen LogP contribution is 2.10. The smallest absolute Gasteiger partial charge is 0.191 e. The van der Waals surface area contributed by atoms with Crippen LogP contribution in [0, 0.1) is 0 Å². The standard InChI is InChI=1S/C21H31N5S.HI/c1-22-21(24-16-20-5-3-14-27-20)23-15-18-6-8-19(9-7-18)17-26-11-4-10-25(2)12-13-26;/h3,5-9,14H,4,10-13,15-17H2,1-2H3,(H2,22,23,24);1H. The third-order valence-electron chi connectivity index (χ3n) is 4.94. The lowest BCUT2D eigenvalue weighted by atomic mass is 10.1. The fraction of sp³-hybridized carbons (Fsp3) is 0.476. The van der Waals surface area contributed by atoms with Gasteiger partial charge in [0.2, 0.25) is 0 Å². The van der Waals surface area contributed by atoms with Crippen LogP contribution in [0.3, 0.4) is 0 Å². The molecule has 0 saturated carbocycles. The fourth-order valence-electron chi connectivity index (χ4n) is 3.27. The van der Waals surface area contributed by atoms with Gasteiger partial charge in [-0.15, -0.1) is 35.3 Å². The summed E-state index contributed by atoms with van der Waals surface area (Å²) < 4.78 is 0. The van der Waals surface area contributed by atoms with Crippen LogP contribution < -0.4 is 10.6 Å². The van der Waals surface area contributed by atoms with E-state index in [9.17, 15) is 0 Å². The number of thiophene rings is 1. The van der Waals surface area contributed by atoms with E-state index in [1.165, 1.54) is 42.1 Å². The molecule has 7 heteroatoms. The first-order valence-electron chi connectivity index (χ1n) is 9.68. The maximum absolute atomic E-state index is 4.30. The van der Waals surface area contributed by atoms with Crippen LogP contribution in [-0.2, 0) is 19.6 Å². The number of halogens is 1. The summed E-state index contributed by atoms with van der Waals surface area (Å²) in [5.74, 6) is 0.834. The Kier molecular flexibility index (Phi) is 10.3. The summed E-state index contributed by atoms with van der Waals surface area (Å²) in [5, 5.41) is 8.84. The Hall–Kier alpha value is -1.16. The van der Waals surface area contributed by atoms with Crippen molar-refractivity contribution in [3.63, 3.8) is 0 Å². The van der Waals surface area contributed by atoms with Crippen molar-refractivity contribution in [2.45, 2.75) is 26.1 Å². The minimum Gasteiger partial charge on any atom is -0.352 e. The predicted octanol–water partition coefficient (Wildman–Crippen LogP) is 3.37. The molecule has 0 amide bonds. The molecule has 2 heterocycles. The average molecular weight is 513 g/mol. The molecule has 1 saturated heterocycles. The summed E-state index contributed by atoms with van der Waals surface area (Å²) in [6, 6.07) is 13.2. The largest absolute Gasteiger partial charge is 0.352 e. The van der Waals surface area contributed by atoms with Gasteiger partial charge in [-0.3, -0.25) is 9.89 Å². The second-order valence-corrected chi connectivity index (χ2v) is 8.14. The Morgan fingerprint density at radius 1 is 1.00 bits per heavy atom. The zero-order valence-corrected chi connectivity index (χ0v) is 20.0. The van der Waals surface area contributed by atoms with Crippen molar-refractivity contribution in [2.24, 2.45) is 4.99 Å². The number of guanidine groups is 1. The van der Waals surface area contributed by atoms with Gasteiger partial charge in [-0.25, -0.2) is 0 Å². The third-order valence-corrected chi connectivity index (χ3v) is 5.81. The van der Waals surface area contributed by atoms with Crippen LogP contribution in [0.15, 0.2) is 46.8 Å². The number of nitrogens with one attached hydrogen (secondary N) is 2. The Morgan fingerprint density at radius 2 is 1.75 bits per heavy atom. The van der Waals surface area contributed by atoms with Crippen molar-refractivity contribution in [3.05, 3.63) is 57.8 Å². The quantitative estimate of drug-likeness (QED) is 0.353. The highest BCUT2D eigenvalue weighted by atomic mass is 127. The molecule has 1 fully saturated rings. The summed E-state index contributed by atoms with van der Waals surface area (Å²) in [6.07, 6.45) is 1.26. The van der Waals surface area contributed by atoms with Crippen LogP contribution in [0.4, 0.5) is 0 Å². The Bertz CT molecular complexity index is 702. The Morgan fingerprint density at radius 3 is 2.46 bits per heavy atom. The molecule has 0 bridgehead atoms. The lowest BCUT2D eigenvalue weighted by Crippen LogP contribution is -2.36. The van der Waals surface area contributed by atoms with Gasteiger partial charge in [-0.2, -0.15) is 0 Å². The highest BCUT2D eigenvalue weighted by molar-refractivity contribution is 14.0. The highest BCUT2D eigenvalue weighted by Gasteiger charge is 2.12. The predicted molar refractivity (Wildman–Crippen MR) is 131 cm³/mol. The van der Waals surface area contributed by atoms with Gasteiger partial charge < -0.3 is 15.5 Å². The van der Waals surface area contributed by atoms with Gasteiger partial charge in [0, 0.05) is 38.1 Å². The van der Waals surface area contributed by atoms with Crippen LogP contribution in [0.1, 0.15) is 22.4 Å². The Labute approximate surface area is 190 Å². The van der Waals surface area contributed by atoms with Crippen LogP contribution >= 0.6 is 35.3 Å². The lowest BCUT2D eigenvalue weighted by molar-refractivity contribution is 0.269. The van der Waals surface area contributed by atoms with Crippen molar-refractivity contribution >= 4 is 41.3 Å². The molecular formula is C21H32IN5S. The van der Waals surface area contributed by atoms with Gasteiger partial charge >= 0.3 is 0 Å². The van der Waals surface area contributed by atoms with E-state index in [1.807, 2.05) is 7.05 Å². The summed E-state index contributed by atoms with van der Waals surface area (Å²) in [4.78, 5) is 10.6.